The molecule has 0 aliphatic heterocycles. The van der Waals surface area contributed by atoms with Gasteiger partial charge in [-0.1, -0.05) is 96.0 Å². The van der Waals surface area contributed by atoms with Crippen molar-refractivity contribution in [2.75, 3.05) is 19.8 Å². The van der Waals surface area contributed by atoms with Gasteiger partial charge in [-0.15, -0.1) is 0 Å². The molecule has 1 amide bonds. The van der Waals surface area contributed by atoms with Gasteiger partial charge in [0, 0.05) is 28.5 Å². The molecule has 0 bridgehead atoms. The number of nitrogens with two attached hydrogens (primary N) is 1. The summed E-state index contributed by atoms with van der Waals surface area (Å²) in [6, 6.07) is 29.7. The van der Waals surface area contributed by atoms with E-state index in [1.54, 1.807) is 26.8 Å². The van der Waals surface area contributed by atoms with Gasteiger partial charge in [0.15, 0.2) is 12.2 Å². The van der Waals surface area contributed by atoms with E-state index in [0.29, 0.717) is 16.5 Å². The molecule has 0 saturated heterocycles. The Morgan fingerprint density at radius 2 is 1.05 bits per heavy atom. The number of ether oxygens (including phenoxy) is 3. The largest absolute Gasteiger partial charge is 0.464 e. The third-order valence-corrected chi connectivity index (χ3v) is 8.62. The molecule has 0 heterocycles. The lowest BCUT2D eigenvalue weighted by Crippen LogP contribution is -2.44. The van der Waals surface area contributed by atoms with Gasteiger partial charge in [-0.25, -0.2) is 14.4 Å². The van der Waals surface area contributed by atoms with E-state index in [2.05, 4.69) is 5.32 Å². The van der Waals surface area contributed by atoms with Gasteiger partial charge < -0.3 is 35.5 Å². The summed E-state index contributed by atoms with van der Waals surface area (Å²) >= 11 is 12.1. The maximum absolute atomic E-state index is 12.1. The van der Waals surface area contributed by atoms with E-state index >= 15 is 0 Å². The number of aliphatic hydroxyl groups is 2. The van der Waals surface area contributed by atoms with Crippen LogP contribution in [-0.4, -0.2) is 78.1 Å². The monoisotopic (exact) mass is 794 g/mol. The van der Waals surface area contributed by atoms with E-state index in [1.165, 1.54) is 0 Å². The van der Waals surface area contributed by atoms with Crippen LogP contribution in [0, 0.1) is 0 Å². The van der Waals surface area contributed by atoms with Gasteiger partial charge in [-0.05, 0) is 97.7 Å². The number of hydrogen-bond acceptors (Lipinski definition) is 10. The molecule has 0 aliphatic carbocycles. The van der Waals surface area contributed by atoms with E-state index < -0.39 is 42.1 Å². The van der Waals surface area contributed by atoms with Crippen LogP contribution in [0.25, 0.3) is 22.3 Å². The van der Waals surface area contributed by atoms with E-state index in [9.17, 15) is 29.4 Å². The number of aliphatic hydroxyl groups excluding tert-OH is 2. The molecule has 4 aromatic carbocycles. The molecular formula is C42H48Cl2N2O9. The van der Waals surface area contributed by atoms with Crippen molar-refractivity contribution in [3.8, 4) is 22.3 Å². The standard InChI is InChI=1S/C23H26ClNO6.C19H22ClNO3/c1-3-30-22(28)20(26)14-19(25-21(27)23(29)31-4-2)12-15-8-10-16(11-9-15)17-6-5-7-18(24)13-17;1-2-24-19(23)18(22)12-17(21)10-13-6-8-14(9-7-13)15-4-3-5-16(20)11-15/h5-11,13,19-20,26H,3-4,12,14H2,1-2H3,(H,25,27);3-9,11,17-18,22H,2,10,12,21H2,1H3/t19-,20-;17-,18-/m11/s1. The second-order valence-electron chi connectivity index (χ2n) is 12.5. The van der Waals surface area contributed by atoms with E-state index in [1.807, 2.05) is 91.0 Å². The first kappa shape index (κ1) is 44.6. The molecule has 0 unspecified atom stereocenters. The molecule has 11 nitrogen and oxygen atoms in total. The molecule has 0 fully saturated rings. The highest BCUT2D eigenvalue weighted by Gasteiger charge is 2.26. The summed E-state index contributed by atoms with van der Waals surface area (Å²) in [5, 5.41) is 23.7. The normalized spacial score (nSPS) is 12.9. The molecule has 0 saturated carbocycles. The highest BCUT2D eigenvalue weighted by molar-refractivity contribution is 6.32. The molecular weight excluding hydrogens is 747 g/mol. The Morgan fingerprint density at radius 1 is 0.618 bits per heavy atom. The number of esters is 3. The predicted molar refractivity (Wildman–Crippen MR) is 212 cm³/mol. The molecule has 294 valence electrons. The van der Waals surface area contributed by atoms with Crippen molar-refractivity contribution in [1.82, 2.24) is 5.32 Å². The van der Waals surface area contributed by atoms with Crippen LogP contribution < -0.4 is 11.1 Å². The van der Waals surface area contributed by atoms with Crippen molar-refractivity contribution >= 4 is 47.0 Å². The van der Waals surface area contributed by atoms with Crippen LogP contribution in [0.2, 0.25) is 10.0 Å². The number of halogens is 2. The summed E-state index contributed by atoms with van der Waals surface area (Å²) < 4.78 is 14.3. The maximum Gasteiger partial charge on any atom is 0.396 e. The zero-order valence-electron chi connectivity index (χ0n) is 31.1. The summed E-state index contributed by atoms with van der Waals surface area (Å²) in [5.41, 5.74) is 12.0. The number of rotatable bonds is 16. The zero-order valence-corrected chi connectivity index (χ0v) is 32.6. The fraction of sp³-hybridized carbons (Fsp3) is 0.333. The van der Waals surface area contributed by atoms with Crippen LogP contribution in [0.3, 0.4) is 0 Å². The Kier molecular flexibility index (Phi) is 18.8. The minimum atomic E-state index is -1.43. The van der Waals surface area contributed by atoms with Crippen LogP contribution in [0.1, 0.15) is 44.7 Å². The smallest absolute Gasteiger partial charge is 0.396 e. The molecule has 0 aliphatic rings. The number of nitrogens with one attached hydrogen (secondary N) is 1. The van der Waals surface area contributed by atoms with Crippen LogP contribution in [0.15, 0.2) is 97.1 Å². The summed E-state index contributed by atoms with van der Waals surface area (Å²) in [4.78, 5) is 47.0. The molecule has 4 rings (SSSR count). The van der Waals surface area contributed by atoms with Gasteiger partial charge in [0.1, 0.15) is 0 Å². The lowest BCUT2D eigenvalue weighted by molar-refractivity contribution is -0.156. The minimum absolute atomic E-state index is 0.0628. The highest BCUT2D eigenvalue weighted by Crippen LogP contribution is 2.25. The predicted octanol–water partition coefficient (Wildman–Crippen LogP) is 6.10. The second-order valence-corrected chi connectivity index (χ2v) is 13.4. The van der Waals surface area contributed by atoms with Gasteiger partial charge in [0.2, 0.25) is 0 Å². The minimum Gasteiger partial charge on any atom is -0.464 e. The summed E-state index contributed by atoms with van der Waals surface area (Å²) in [7, 11) is 0. The van der Waals surface area contributed by atoms with Gasteiger partial charge >= 0.3 is 23.8 Å². The molecule has 0 radical (unpaired) electrons. The Morgan fingerprint density at radius 3 is 1.49 bits per heavy atom. The number of carbonyl (C=O) groups excluding carboxylic acids is 4. The Balaban J connectivity index is 0.000000305. The van der Waals surface area contributed by atoms with Crippen LogP contribution in [0.4, 0.5) is 0 Å². The fourth-order valence-electron chi connectivity index (χ4n) is 5.53. The molecule has 4 atom stereocenters. The quantitative estimate of drug-likeness (QED) is 0.0590. The van der Waals surface area contributed by atoms with Gasteiger partial charge in [-0.2, -0.15) is 0 Å². The van der Waals surface area contributed by atoms with Gasteiger partial charge in [0.05, 0.1) is 19.8 Å². The summed E-state index contributed by atoms with van der Waals surface area (Å²) in [5.74, 6) is -3.36. The van der Waals surface area contributed by atoms with Crippen molar-refractivity contribution in [2.24, 2.45) is 5.73 Å². The molecule has 13 heteroatoms. The SMILES string of the molecule is CCOC(=O)C(=O)N[C@H](Cc1ccc(-c2cccc(Cl)c2)cc1)C[C@@H](O)C(=O)OCC.CCOC(=O)[C@H](O)C[C@H](N)Cc1ccc(-c2cccc(Cl)c2)cc1. The zero-order chi connectivity index (χ0) is 40.3. The second kappa shape index (κ2) is 23.2. The molecule has 4 aromatic rings. The Hall–Kier alpha value is -4.78. The lowest BCUT2D eigenvalue weighted by Gasteiger charge is -2.21. The maximum atomic E-state index is 12.1. The molecule has 5 N–H and O–H groups in total. The number of hydrogen-bond donors (Lipinski definition) is 4. The highest BCUT2D eigenvalue weighted by atomic mass is 35.5. The van der Waals surface area contributed by atoms with Crippen molar-refractivity contribution in [3.05, 3.63) is 118 Å². The molecule has 55 heavy (non-hydrogen) atoms. The fourth-order valence-corrected chi connectivity index (χ4v) is 5.91. The van der Waals surface area contributed by atoms with Crippen molar-refractivity contribution in [3.63, 3.8) is 0 Å². The van der Waals surface area contributed by atoms with E-state index in [-0.39, 0.29) is 45.1 Å². The van der Waals surface area contributed by atoms with Crippen molar-refractivity contribution in [2.45, 2.75) is 70.7 Å². The molecule has 0 spiro atoms. The average Bonchev–Trinajstić information content (AvgIpc) is 3.16. The van der Waals surface area contributed by atoms with Crippen LogP contribution in [0.5, 0.6) is 0 Å². The number of carbonyl (C=O) groups is 4. The first-order chi connectivity index (χ1) is 26.3. The summed E-state index contributed by atoms with van der Waals surface area (Å²) in [6.45, 7) is 5.36. The third-order valence-electron chi connectivity index (χ3n) is 8.15. The number of amides is 1. The van der Waals surface area contributed by atoms with E-state index in [0.717, 1.165) is 33.4 Å². The van der Waals surface area contributed by atoms with Crippen LogP contribution in [-0.2, 0) is 46.2 Å². The van der Waals surface area contributed by atoms with Gasteiger partial charge in [0.25, 0.3) is 0 Å². The van der Waals surface area contributed by atoms with Crippen molar-refractivity contribution in [1.29, 1.82) is 0 Å². The molecule has 0 aromatic heterocycles. The Bertz CT molecular complexity index is 1840. The average molecular weight is 796 g/mol. The first-order valence-corrected chi connectivity index (χ1v) is 18.7. The third kappa shape index (κ3) is 15.5. The first-order valence-electron chi connectivity index (χ1n) is 18.0. The van der Waals surface area contributed by atoms with Crippen LogP contribution >= 0.6 is 23.2 Å². The topological polar surface area (TPSA) is 174 Å². The van der Waals surface area contributed by atoms with Crippen molar-refractivity contribution < 1.29 is 43.6 Å². The lowest BCUT2D eigenvalue weighted by atomic mass is 9.98. The summed E-state index contributed by atoms with van der Waals surface area (Å²) in [6.07, 6.45) is -1.68. The Labute approximate surface area is 331 Å². The number of benzene rings is 4. The van der Waals surface area contributed by atoms with Gasteiger partial charge in [-0.3, -0.25) is 4.79 Å². The van der Waals surface area contributed by atoms with E-state index in [4.69, 9.17) is 43.1 Å².